The first kappa shape index (κ1) is 13.2. The number of para-hydroxylation sites is 1. The lowest BCUT2D eigenvalue weighted by Crippen LogP contribution is -2.41. The number of rotatable bonds is 2. The molecule has 1 atom stereocenters. The third-order valence-corrected chi connectivity index (χ3v) is 4.76. The van der Waals surface area contributed by atoms with Crippen LogP contribution in [-0.4, -0.2) is 17.5 Å². The maximum atomic E-state index is 12.5. The van der Waals surface area contributed by atoms with Crippen molar-refractivity contribution in [1.82, 2.24) is 4.90 Å². The van der Waals surface area contributed by atoms with Crippen LogP contribution in [0.2, 0.25) is 0 Å². The molecule has 0 fully saturated rings. The molecule has 0 radical (unpaired) electrons. The number of thiophene rings is 1. The highest BCUT2D eigenvalue weighted by Crippen LogP contribution is 2.35. The number of urea groups is 1. The van der Waals surface area contributed by atoms with Crippen molar-refractivity contribution >= 4 is 23.1 Å². The highest BCUT2D eigenvalue weighted by atomic mass is 32.1. The second kappa shape index (κ2) is 5.67. The highest BCUT2D eigenvalue weighted by molar-refractivity contribution is 7.10. The number of anilines is 1. The van der Waals surface area contributed by atoms with Gasteiger partial charge in [0.15, 0.2) is 0 Å². The Balaban J connectivity index is 1.78. The van der Waals surface area contributed by atoms with Crippen molar-refractivity contribution in [3.63, 3.8) is 0 Å². The zero-order valence-corrected chi connectivity index (χ0v) is 12.3. The monoisotopic (exact) mass is 286 g/mol. The van der Waals surface area contributed by atoms with Crippen LogP contribution in [0.3, 0.4) is 0 Å². The molecule has 3 nitrogen and oxygen atoms in total. The first-order chi connectivity index (χ1) is 9.79. The van der Waals surface area contributed by atoms with Crippen LogP contribution in [0.4, 0.5) is 10.5 Å². The largest absolute Gasteiger partial charge is 0.322 e. The second-order valence-corrected chi connectivity index (χ2v) is 5.96. The van der Waals surface area contributed by atoms with Gasteiger partial charge in [0.2, 0.25) is 0 Å². The molecule has 104 valence electrons. The van der Waals surface area contributed by atoms with E-state index in [4.69, 9.17) is 0 Å². The summed E-state index contributed by atoms with van der Waals surface area (Å²) in [6, 6.07) is 12.0. The molecule has 1 aromatic carbocycles. The van der Waals surface area contributed by atoms with Gasteiger partial charge in [-0.3, -0.25) is 0 Å². The van der Waals surface area contributed by atoms with E-state index in [9.17, 15) is 4.79 Å². The fourth-order valence-electron chi connectivity index (χ4n) is 2.80. The van der Waals surface area contributed by atoms with Crippen LogP contribution in [0.15, 0.2) is 41.8 Å². The number of hydrogen-bond acceptors (Lipinski definition) is 2. The molecule has 0 bridgehead atoms. The predicted octanol–water partition coefficient (Wildman–Crippen LogP) is 4.29. The lowest BCUT2D eigenvalue weighted by atomic mass is 9.98. The van der Waals surface area contributed by atoms with Crippen LogP contribution >= 0.6 is 11.3 Å². The van der Waals surface area contributed by atoms with Crippen LogP contribution < -0.4 is 5.32 Å². The van der Waals surface area contributed by atoms with Gasteiger partial charge in [-0.15, -0.1) is 11.3 Å². The molecule has 20 heavy (non-hydrogen) atoms. The Hall–Kier alpha value is -1.81. The van der Waals surface area contributed by atoms with Gasteiger partial charge < -0.3 is 10.2 Å². The number of carbonyl (C=O) groups excluding carboxylic acids is 1. The van der Waals surface area contributed by atoms with Gasteiger partial charge in [0.25, 0.3) is 0 Å². The Bertz CT molecular complexity index is 594. The normalized spacial score (nSPS) is 17.6. The average molecular weight is 286 g/mol. The van der Waals surface area contributed by atoms with Crippen molar-refractivity contribution in [3.05, 3.63) is 52.2 Å². The zero-order valence-electron chi connectivity index (χ0n) is 11.5. The van der Waals surface area contributed by atoms with Gasteiger partial charge in [-0.05, 0) is 42.0 Å². The molecule has 1 aliphatic heterocycles. The highest BCUT2D eigenvalue weighted by Gasteiger charge is 2.30. The van der Waals surface area contributed by atoms with Gasteiger partial charge in [-0.1, -0.05) is 25.1 Å². The topological polar surface area (TPSA) is 32.3 Å². The zero-order chi connectivity index (χ0) is 13.9. The van der Waals surface area contributed by atoms with Gasteiger partial charge in [0.05, 0.1) is 6.04 Å². The number of nitrogens with zero attached hydrogens (tertiary/aromatic N) is 1. The predicted molar refractivity (Wildman–Crippen MR) is 83.2 cm³/mol. The van der Waals surface area contributed by atoms with Gasteiger partial charge in [-0.2, -0.15) is 0 Å². The number of fused-ring (bicyclic) bond motifs is 1. The first-order valence-electron chi connectivity index (χ1n) is 6.98. The molecule has 1 aromatic heterocycles. The summed E-state index contributed by atoms with van der Waals surface area (Å²) in [5.74, 6) is 0. The molecule has 0 spiro atoms. The smallest absolute Gasteiger partial charge is 0.317 e. The van der Waals surface area contributed by atoms with E-state index in [2.05, 4.69) is 23.7 Å². The molecule has 0 saturated heterocycles. The summed E-state index contributed by atoms with van der Waals surface area (Å²) in [5, 5.41) is 5.12. The van der Waals surface area contributed by atoms with E-state index in [1.807, 2.05) is 35.2 Å². The standard InChI is InChI=1S/C16H18N2OS/c1-2-14-13-9-11-20-15(13)8-10-18(14)16(19)17-12-6-4-3-5-7-12/h3-7,9,11,14H,2,8,10H2,1H3,(H,17,19). The molecule has 2 amide bonds. The van der Waals surface area contributed by atoms with Crippen LogP contribution in [0.1, 0.15) is 29.8 Å². The number of nitrogens with one attached hydrogen (secondary N) is 1. The first-order valence-corrected chi connectivity index (χ1v) is 7.86. The molecule has 3 rings (SSSR count). The minimum absolute atomic E-state index is 0.0000926. The Morgan fingerprint density at radius 3 is 2.90 bits per heavy atom. The van der Waals surface area contributed by atoms with E-state index in [1.54, 1.807) is 11.3 Å². The molecule has 0 aliphatic carbocycles. The molecule has 4 heteroatoms. The van der Waals surface area contributed by atoms with E-state index in [-0.39, 0.29) is 12.1 Å². The summed E-state index contributed by atoms with van der Waals surface area (Å²) in [5.41, 5.74) is 2.18. The lowest BCUT2D eigenvalue weighted by molar-refractivity contribution is 0.181. The molecule has 1 aliphatic rings. The molecule has 0 saturated carbocycles. The van der Waals surface area contributed by atoms with Gasteiger partial charge in [0.1, 0.15) is 0 Å². The second-order valence-electron chi connectivity index (χ2n) is 4.96. The molecule has 2 heterocycles. The van der Waals surface area contributed by atoms with Crippen LogP contribution in [0.5, 0.6) is 0 Å². The number of benzene rings is 1. The Morgan fingerprint density at radius 1 is 1.35 bits per heavy atom. The molecular formula is C16H18N2OS. The number of hydrogen-bond donors (Lipinski definition) is 1. The fraction of sp³-hybridized carbons (Fsp3) is 0.312. The van der Waals surface area contributed by atoms with Crippen LogP contribution in [-0.2, 0) is 6.42 Å². The van der Waals surface area contributed by atoms with E-state index in [0.29, 0.717) is 0 Å². The summed E-state index contributed by atoms with van der Waals surface area (Å²) < 4.78 is 0. The van der Waals surface area contributed by atoms with Crippen molar-refractivity contribution in [2.75, 3.05) is 11.9 Å². The van der Waals surface area contributed by atoms with Gasteiger partial charge >= 0.3 is 6.03 Å². The van der Waals surface area contributed by atoms with Crippen molar-refractivity contribution < 1.29 is 4.79 Å². The maximum Gasteiger partial charge on any atom is 0.322 e. The van der Waals surface area contributed by atoms with Gasteiger partial charge in [0, 0.05) is 17.1 Å². The minimum atomic E-state index is -0.0000926. The van der Waals surface area contributed by atoms with Gasteiger partial charge in [-0.25, -0.2) is 4.79 Å². The van der Waals surface area contributed by atoms with Crippen molar-refractivity contribution in [2.45, 2.75) is 25.8 Å². The van der Waals surface area contributed by atoms with E-state index in [0.717, 1.165) is 25.1 Å². The summed E-state index contributed by atoms with van der Waals surface area (Å²) >= 11 is 1.80. The van der Waals surface area contributed by atoms with Crippen LogP contribution in [0, 0.1) is 0 Å². The third kappa shape index (κ3) is 2.43. The fourth-order valence-corrected chi connectivity index (χ4v) is 3.72. The molecule has 1 N–H and O–H groups in total. The SMILES string of the molecule is CCC1c2ccsc2CCN1C(=O)Nc1ccccc1. The Kier molecular flexibility index (Phi) is 3.74. The average Bonchev–Trinajstić information content (AvgIpc) is 2.95. The van der Waals surface area contributed by atoms with Crippen molar-refractivity contribution in [1.29, 1.82) is 0 Å². The van der Waals surface area contributed by atoms with E-state index in [1.165, 1.54) is 10.4 Å². The molecule has 1 unspecified atom stereocenters. The minimum Gasteiger partial charge on any atom is -0.317 e. The quantitative estimate of drug-likeness (QED) is 0.877. The Labute approximate surface area is 123 Å². The van der Waals surface area contributed by atoms with Crippen molar-refractivity contribution in [3.8, 4) is 0 Å². The van der Waals surface area contributed by atoms with Crippen molar-refractivity contribution in [2.24, 2.45) is 0 Å². The molecule has 2 aromatic rings. The summed E-state index contributed by atoms with van der Waals surface area (Å²) in [6.45, 7) is 2.94. The summed E-state index contributed by atoms with van der Waals surface area (Å²) in [6.07, 6.45) is 1.91. The lowest BCUT2D eigenvalue weighted by Gasteiger charge is -2.35. The number of carbonyl (C=O) groups is 1. The Morgan fingerprint density at radius 2 is 2.15 bits per heavy atom. The van der Waals surface area contributed by atoms with E-state index >= 15 is 0 Å². The maximum absolute atomic E-state index is 12.5. The molecular weight excluding hydrogens is 268 g/mol. The third-order valence-electron chi connectivity index (χ3n) is 3.77. The van der Waals surface area contributed by atoms with Crippen LogP contribution in [0.25, 0.3) is 0 Å². The summed E-state index contributed by atoms with van der Waals surface area (Å²) in [7, 11) is 0. The van der Waals surface area contributed by atoms with E-state index < -0.39 is 0 Å². The number of amides is 2. The summed E-state index contributed by atoms with van der Waals surface area (Å²) in [4.78, 5) is 15.9.